The highest BCUT2D eigenvalue weighted by Gasteiger charge is 2.40. The summed E-state index contributed by atoms with van der Waals surface area (Å²) in [6, 6.07) is 4.37. The molecule has 0 bridgehead atoms. The first-order valence-electron chi connectivity index (χ1n) is 7.57. The van der Waals surface area contributed by atoms with Crippen molar-refractivity contribution >= 4 is 34.2 Å². The number of hydrogen-bond acceptors (Lipinski definition) is 5. The second-order valence-corrected chi connectivity index (χ2v) is 7.58. The van der Waals surface area contributed by atoms with Gasteiger partial charge in [-0.05, 0) is 38.1 Å². The van der Waals surface area contributed by atoms with E-state index in [0.717, 1.165) is 23.8 Å². The maximum atomic E-state index is 12.6. The molecule has 1 aromatic rings. The van der Waals surface area contributed by atoms with Gasteiger partial charge in [-0.2, -0.15) is 0 Å². The largest absolute Gasteiger partial charge is 0.337 e. The molecule has 1 aromatic carbocycles. The summed E-state index contributed by atoms with van der Waals surface area (Å²) in [7, 11) is -2.13. The van der Waals surface area contributed by atoms with Crippen LogP contribution in [-0.4, -0.2) is 62.2 Å². The second kappa shape index (κ2) is 6.70. The number of rotatable bonds is 3. The molecule has 7 nitrogen and oxygen atoms in total. The molecule has 1 saturated heterocycles. The first-order chi connectivity index (χ1) is 10.9. The standard InChI is InChI=1S/C15H19N3O4S.ClH/c1-3-18-15(20)12-5-4-10(8-13(12)23(18,21)22)14(19)17(2)11-6-7-16-9-11;/h4-5,8,11,16H,3,6-7,9H2,1-2H3;1H. The van der Waals surface area contributed by atoms with Crippen LogP contribution in [0.25, 0.3) is 0 Å². The summed E-state index contributed by atoms with van der Waals surface area (Å²) in [5, 5.41) is 3.19. The molecule has 0 radical (unpaired) electrons. The third-order valence-corrected chi connectivity index (χ3v) is 6.34. The summed E-state index contributed by atoms with van der Waals surface area (Å²) < 4.78 is 25.6. The third-order valence-electron chi connectivity index (χ3n) is 4.44. The molecule has 2 heterocycles. The summed E-state index contributed by atoms with van der Waals surface area (Å²) in [5.74, 6) is -0.769. The molecule has 0 aliphatic carbocycles. The highest BCUT2D eigenvalue weighted by Crippen LogP contribution is 2.31. The highest BCUT2D eigenvalue weighted by molar-refractivity contribution is 7.90. The Labute approximate surface area is 147 Å². The van der Waals surface area contributed by atoms with Crippen LogP contribution in [-0.2, 0) is 10.0 Å². The van der Waals surface area contributed by atoms with E-state index in [1.165, 1.54) is 18.2 Å². The van der Waals surface area contributed by atoms with Gasteiger partial charge >= 0.3 is 0 Å². The van der Waals surface area contributed by atoms with Crippen LogP contribution in [0.3, 0.4) is 0 Å². The molecule has 1 N–H and O–H groups in total. The van der Waals surface area contributed by atoms with Gasteiger partial charge in [0.05, 0.1) is 5.56 Å². The van der Waals surface area contributed by atoms with Crippen LogP contribution in [0, 0.1) is 0 Å². The molecule has 0 spiro atoms. The van der Waals surface area contributed by atoms with Crippen LogP contribution < -0.4 is 5.32 Å². The molecule has 3 rings (SSSR count). The van der Waals surface area contributed by atoms with Gasteiger partial charge in [0.2, 0.25) is 0 Å². The van der Waals surface area contributed by atoms with E-state index in [1.54, 1.807) is 18.9 Å². The Hall–Kier alpha value is -1.64. The van der Waals surface area contributed by atoms with Crippen LogP contribution in [0.15, 0.2) is 23.1 Å². The van der Waals surface area contributed by atoms with Crippen LogP contribution in [0.5, 0.6) is 0 Å². The van der Waals surface area contributed by atoms with Crippen molar-refractivity contribution < 1.29 is 18.0 Å². The Morgan fingerprint density at radius 3 is 2.71 bits per heavy atom. The maximum absolute atomic E-state index is 12.6. The molecule has 1 fully saturated rings. The lowest BCUT2D eigenvalue weighted by atomic mass is 10.1. The first-order valence-corrected chi connectivity index (χ1v) is 9.01. The third kappa shape index (κ3) is 2.78. The van der Waals surface area contributed by atoms with E-state index in [-0.39, 0.29) is 46.9 Å². The number of sulfonamides is 1. The Morgan fingerprint density at radius 1 is 1.42 bits per heavy atom. The average molecular weight is 374 g/mol. The summed E-state index contributed by atoms with van der Waals surface area (Å²) in [6.07, 6.45) is 0.869. The maximum Gasteiger partial charge on any atom is 0.268 e. The summed E-state index contributed by atoms with van der Waals surface area (Å²) in [6.45, 7) is 3.27. The topological polar surface area (TPSA) is 86.8 Å². The number of hydrogen-bond donors (Lipinski definition) is 1. The fourth-order valence-corrected chi connectivity index (χ4v) is 4.66. The molecule has 9 heteroatoms. The fraction of sp³-hybridized carbons (Fsp3) is 0.467. The SMILES string of the molecule is CCN1C(=O)c2ccc(C(=O)N(C)C3CCNC3)cc2S1(=O)=O.Cl. The summed E-state index contributed by atoms with van der Waals surface area (Å²) in [4.78, 5) is 26.2. The summed E-state index contributed by atoms with van der Waals surface area (Å²) in [5.41, 5.74) is 0.418. The molecule has 132 valence electrons. The number of halogens is 1. The van der Waals surface area contributed by atoms with Crippen molar-refractivity contribution in [2.24, 2.45) is 0 Å². The second-order valence-electron chi connectivity index (χ2n) is 5.75. The zero-order chi connectivity index (χ0) is 16.8. The molecule has 24 heavy (non-hydrogen) atoms. The molecule has 1 atom stereocenters. The van der Waals surface area contributed by atoms with Gasteiger partial charge in [-0.1, -0.05) is 0 Å². The van der Waals surface area contributed by atoms with Crippen LogP contribution in [0.2, 0.25) is 0 Å². The van der Waals surface area contributed by atoms with Gasteiger partial charge in [-0.15, -0.1) is 12.4 Å². The monoisotopic (exact) mass is 373 g/mol. The number of amides is 2. The number of fused-ring (bicyclic) bond motifs is 1. The first kappa shape index (κ1) is 18.7. The van der Waals surface area contributed by atoms with E-state index in [1.807, 2.05) is 0 Å². The number of likely N-dealkylation sites (N-methyl/N-ethyl adjacent to an activating group) is 1. The number of nitrogens with zero attached hydrogens (tertiary/aromatic N) is 2. The predicted octanol–water partition coefficient (Wildman–Crippen LogP) is 0.707. The highest BCUT2D eigenvalue weighted by atomic mass is 35.5. The zero-order valence-electron chi connectivity index (χ0n) is 13.5. The molecule has 2 aliphatic heterocycles. The minimum Gasteiger partial charge on any atom is -0.337 e. The van der Waals surface area contributed by atoms with Gasteiger partial charge in [-0.3, -0.25) is 9.59 Å². The molecule has 1 unspecified atom stereocenters. The van der Waals surface area contributed by atoms with Gasteiger partial charge in [0, 0.05) is 31.7 Å². The number of carbonyl (C=O) groups is 2. The average Bonchev–Trinajstić information content (AvgIpc) is 3.12. The lowest BCUT2D eigenvalue weighted by molar-refractivity contribution is 0.0742. The normalized spacial score (nSPS) is 21.3. The molecule has 0 aromatic heterocycles. The minimum atomic E-state index is -3.85. The Balaban J connectivity index is 0.00000208. The molecule has 2 aliphatic rings. The number of benzene rings is 1. The van der Waals surface area contributed by atoms with Crippen LogP contribution in [0.1, 0.15) is 34.1 Å². The summed E-state index contributed by atoms with van der Waals surface area (Å²) >= 11 is 0. The molecule has 0 saturated carbocycles. The Morgan fingerprint density at radius 2 is 2.12 bits per heavy atom. The fourth-order valence-electron chi connectivity index (χ4n) is 3.06. The molecular formula is C15H20ClN3O4S. The van der Waals surface area contributed by atoms with Crippen LogP contribution in [0.4, 0.5) is 0 Å². The van der Waals surface area contributed by atoms with E-state index in [4.69, 9.17) is 0 Å². The lowest BCUT2D eigenvalue weighted by Gasteiger charge is -2.23. The van der Waals surface area contributed by atoms with Crippen molar-refractivity contribution in [1.82, 2.24) is 14.5 Å². The van der Waals surface area contributed by atoms with E-state index < -0.39 is 15.9 Å². The lowest BCUT2D eigenvalue weighted by Crippen LogP contribution is -2.38. The van der Waals surface area contributed by atoms with Gasteiger partial charge < -0.3 is 10.2 Å². The van der Waals surface area contributed by atoms with Crippen molar-refractivity contribution in [3.63, 3.8) is 0 Å². The number of nitrogens with one attached hydrogen (secondary N) is 1. The van der Waals surface area contributed by atoms with Crippen LogP contribution >= 0.6 is 12.4 Å². The molecule has 2 amide bonds. The minimum absolute atomic E-state index is 0. The zero-order valence-corrected chi connectivity index (χ0v) is 15.1. The van der Waals surface area contributed by atoms with Gasteiger partial charge in [0.1, 0.15) is 4.90 Å². The Kier molecular flexibility index (Phi) is 5.22. The van der Waals surface area contributed by atoms with E-state index in [9.17, 15) is 18.0 Å². The van der Waals surface area contributed by atoms with Gasteiger partial charge in [0.25, 0.3) is 21.8 Å². The quantitative estimate of drug-likeness (QED) is 0.843. The molecular weight excluding hydrogens is 354 g/mol. The predicted molar refractivity (Wildman–Crippen MR) is 91.0 cm³/mol. The van der Waals surface area contributed by atoms with Crippen molar-refractivity contribution in [3.8, 4) is 0 Å². The van der Waals surface area contributed by atoms with E-state index in [0.29, 0.717) is 0 Å². The van der Waals surface area contributed by atoms with Gasteiger partial charge in [-0.25, -0.2) is 12.7 Å². The van der Waals surface area contributed by atoms with Crippen molar-refractivity contribution in [2.75, 3.05) is 26.7 Å². The van der Waals surface area contributed by atoms with Crippen molar-refractivity contribution in [2.45, 2.75) is 24.3 Å². The Bertz CT molecular complexity index is 775. The van der Waals surface area contributed by atoms with E-state index in [2.05, 4.69) is 5.32 Å². The van der Waals surface area contributed by atoms with Gasteiger partial charge in [0.15, 0.2) is 0 Å². The number of carbonyl (C=O) groups excluding carboxylic acids is 2. The van der Waals surface area contributed by atoms with Crippen molar-refractivity contribution in [3.05, 3.63) is 29.3 Å². The van der Waals surface area contributed by atoms with E-state index >= 15 is 0 Å². The smallest absolute Gasteiger partial charge is 0.268 e. The van der Waals surface area contributed by atoms with Crippen molar-refractivity contribution in [1.29, 1.82) is 0 Å².